The second-order valence-electron chi connectivity index (χ2n) is 5.42. The van der Waals surface area contributed by atoms with E-state index in [0.29, 0.717) is 16.4 Å². The maximum Gasteiger partial charge on any atom is 2.00 e. The summed E-state index contributed by atoms with van der Waals surface area (Å²) < 4.78 is 0. The van der Waals surface area contributed by atoms with Gasteiger partial charge < -0.3 is 21.1 Å². The van der Waals surface area contributed by atoms with Crippen molar-refractivity contribution in [2.45, 2.75) is 0 Å². The Morgan fingerprint density at radius 3 is 1.40 bits per heavy atom. The molecule has 6 nitrogen and oxygen atoms in total. The molecule has 0 bridgehead atoms. The van der Waals surface area contributed by atoms with Gasteiger partial charge in [-0.15, -0.1) is 0 Å². The monoisotopic (exact) mass is 509 g/mol. The summed E-state index contributed by atoms with van der Waals surface area (Å²) in [4.78, 5) is 31.3. The zero-order chi connectivity index (χ0) is 16.8. The van der Waals surface area contributed by atoms with E-state index in [1.54, 1.807) is 12.1 Å². The van der Waals surface area contributed by atoms with E-state index in [1.165, 1.54) is 12.1 Å². The van der Waals surface area contributed by atoms with Gasteiger partial charge in [-0.25, -0.2) is 9.97 Å². The first-order valence-corrected chi connectivity index (χ1v) is 7.20. The zero-order valence-corrected chi connectivity index (χ0v) is 14.9. The molecule has 2 amide bonds. The van der Waals surface area contributed by atoms with Crippen molar-refractivity contribution in [3.8, 4) is 0 Å². The smallest absolute Gasteiger partial charge is 0.662 e. The van der Waals surface area contributed by atoms with Gasteiger partial charge in [0.05, 0.1) is 34.2 Å². The molecular weight excluding hydrogens is 499 g/mol. The molecule has 0 atom stereocenters. The molecule has 0 spiro atoms. The van der Waals surface area contributed by atoms with Crippen molar-refractivity contribution in [1.82, 2.24) is 9.97 Å². The number of carbonyl (C=O) groups excluding carboxylic acids is 2. The van der Waals surface area contributed by atoms with E-state index in [9.17, 15) is 9.59 Å². The molecule has 2 aromatic carbocycles. The number of rotatable bonds is 2. The summed E-state index contributed by atoms with van der Waals surface area (Å²) in [7, 11) is 0. The normalized spacial score (nSPS) is 10.7. The number of hydrogen-bond acceptors (Lipinski definition) is 4. The van der Waals surface area contributed by atoms with Crippen molar-refractivity contribution >= 4 is 44.4 Å². The number of amides is 2. The first kappa shape index (κ1) is 17.0. The fourth-order valence-electron chi connectivity index (χ4n) is 2.83. The topological polar surface area (TPSA) is 108 Å². The van der Waals surface area contributed by atoms with E-state index in [1.807, 2.05) is 24.3 Å². The van der Waals surface area contributed by atoms with Gasteiger partial charge >= 0.3 is 21.1 Å². The fourth-order valence-corrected chi connectivity index (χ4v) is 2.83. The number of carbonyl (C=O) groups is 2. The maximum atomic E-state index is 11.4. The SMILES string of the molecule is [NH-]C(=O)c1ccc2ccc3ccc4ccc(C([NH-])=O)nc4c3c2n1.[Pt+2]. The van der Waals surface area contributed by atoms with Crippen molar-refractivity contribution in [2.75, 3.05) is 0 Å². The Bertz CT molecular complexity index is 1090. The minimum atomic E-state index is -0.857. The molecule has 0 radical (unpaired) electrons. The third-order valence-electron chi connectivity index (χ3n) is 3.97. The quantitative estimate of drug-likeness (QED) is 0.375. The van der Waals surface area contributed by atoms with Crippen molar-refractivity contribution in [3.63, 3.8) is 0 Å². The Kier molecular flexibility index (Phi) is 4.23. The molecule has 7 heteroatoms. The summed E-state index contributed by atoms with van der Waals surface area (Å²) in [5, 5.41) is 3.18. The van der Waals surface area contributed by atoms with Crippen LogP contribution in [0, 0.1) is 0 Å². The van der Waals surface area contributed by atoms with Gasteiger partial charge in [-0.3, -0.25) is 0 Å². The van der Waals surface area contributed by atoms with Crippen LogP contribution in [-0.2, 0) is 21.1 Å². The van der Waals surface area contributed by atoms with Crippen LogP contribution in [0.25, 0.3) is 44.0 Å². The molecule has 25 heavy (non-hydrogen) atoms. The molecule has 0 saturated carbocycles. The van der Waals surface area contributed by atoms with Crippen LogP contribution in [0.5, 0.6) is 0 Å². The van der Waals surface area contributed by atoms with Crippen LogP contribution in [0.2, 0.25) is 0 Å². The first-order valence-electron chi connectivity index (χ1n) is 7.20. The third-order valence-corrected chi connectivity index (χ3v) is 3.97. The summed E-state index contributed by atoms with van der Waals surface area (Å²) in [6.45, 7) is 0. The third kappa shape index (κ3) is 2.75. The summed E-state index contributed by atoms with van der Waals surface area (Å²) in [5.41, 5.74) is 15.8. The van der Waals surface area contributed by atoms with Gasteiger partial charge in [0.2, 0.25) is 0 Å². The number of nitrogens with zero attached hydrogens (tertiary/aromatic N) is 2. The number of benzene rings is 2. The van der Waals surface area contributed by atoms with Gasteiger partial charge in [-0.2, -0.15) is 0 Å². The van der Waals surface area contributed by atoms with Crippen LogP contribution in [0.3, 0.4) is 0 Å². The van der Waals surface area contributed by atoms with E-state index in [0.717, 1.165) is 16.2 Å². The Morgan fingerprint density at radius 1 is 0.640 bits per heavy atom. The molecule has 0 aliphatic heterocycles. The van der Waals surface area contributed by atoms with Crippen LogP contribution in [0.15, 0.2) is 48.5 Å². The Balaban J connectivity index is 0.00000182. The van der Waals surface area contributed by atoms with Crippen LogP contribution in [0.4, 0.5) is 0 Å². The van der Waals surface area contributed by atoms with E-state index in [2.05, 4.69) is 9.97 Å². The summed E-state index contributed by atoms with van der Waals surface area (Å²) in [5.74, 6) is -1.71. The molecule has 2 heterocycles. The van der Waals surface area contributed by atoms with E-state index in [-0.39, 0.29) is 32.5 Å². The van der Waals surface area contributed by atoms with Gasteiger partial charge in [0, 0.05) is 16.2 Å². The Morgan fingerprint density at radius 2 is 1.00 bits per heavy atom. The first-order chi connectivity index (χ1) is 11.5. The maximum absolute atomic E-state index is 11.4. The number of fused-ring (bicyclic) bond motifs is 5. The molecule has 0 unspecified atom stereocenters. The average Bonchev–Trinajstić information content (AvgIpc) is 2.59. The largest absolute Gasteiger partial charge is 2.00 e. The Labute approximate surface area is 156 Å². The second kappa shape index (κ2) is 6.22. The van der Waals surface area contributed by atoms with Crippen molar-refractivity contribution in [3.05, 3.63) is 71.4 Å². The van der Waals surface area contributed by atoms with Gasteiger partial charge in [-0.05, 0) is 17.5 Å². The number of pyridine rings is 2. The van der Waals surface area contributed by atoms with Gasteiger partial charge in [-0.1, -0.05) is 36.4 Å². The summed E-state index contributed by atoms with van der Waals surface area (Å²) in [6, 6.07) is 14.1. The molecule has 124 valence electrons. The molecule has 2 aromatic heterocycles. The fraction of sp³-hybridized carbons (Fsp3) is 0. The number of hydrogen-bond donors (Lipinski definition) is 0. The molecule has 0 saturated heterocycles. The molecule has 0 fully saturated rings. The molecule has 0 aliphatic carbocycles. The molecule has 4 rings (SSSR count). The number of aromatic nitrogens is 2. The van der Waals surface area contributed by atoms with E-state index < -0.39 is 11.8 Å². The standard InChI is InChI=1S/C18H12N4O2.Pt/c19-17(23)12-7-5-10-3-1-9-2-4-11-6-8-13(18(20)24)22-16(11)14(9)15(10)21-12;/h1-8H,(H4,19,20,23,24);/q;+2/p-2. The van der Waals surface area contributed by atoms with Gasteiger partial charge in [0.15, 0.2) is 0 Å². The second-order valence-corrected chi connectivity index (χ2v) is 5.42. The minimum Gasteiger partial charge on any atom is -0.662 e. The van der Waals surface area contributed by atoms with Crippen LogP contribution in [0.1, 0.15) is 21.0 Å². The molecular formula is C18H10N4O2Pt. The van der Waals surface area contributed by atoms with Gasteiger partial charge in [0.1, 0.15) is 0 Å². The van der Waals surface area contributed by atoms with Crippen LogP contribution >= 0.6 is 0 Å². The van der Waals surface area contributed by atoms with Crippen molar-refractivity contribution in [2.24, 2.45) is 0 Å². The Hall–Kier alpha value is -2.85. The van der Waals surface area contributed by atoms with E-state index >= 15 is 0 Å². The minimum absolute atomic E-state index is 0. The average molecular weight is 509 g/mol. The van der Waals surface area contributed by atoms with Crippen molar-refractivity contribution in [1.29, 1.82) is 0 Å². The predicted octanol–water partition coefficient (Wildman–Crippen LogP) is 4.32. The summed E-state index contributed by atoms with van der Waals surface area (Å²) in [6.07, 6.45) is 0. The molecule has 0 aliphatic rings. The molecule has 4 aromatic rings. The molecule has 2 N–H and O–H groups in total. The van der Waals surface area contributed by atoms with Gasteiger partial charge in [0.25, 0.3) is 0 Å². The van der Waals surface area contributed by atoms with Crippen LogP contribution in [-0.4, -0.2) is 21.8 Å². The summed E-state index contributed by atoms with van der Waals surface area (Å²) >= 11 is 0. The van der Waals surface area contributed by atoms with Crippen molar-refractivity contribution < 1.29 is 30.7 Å². The zero-order valence-electron chi connectivity index (χ0n) is 12.6. The number of nitrogens with one attached hydrogen (secondary N) is 2. The van der Waals surface area contributed by atoms with E-state index in [4.69, 9.17) is 11.5 Å². The van der Waals surface area contributed by atoms with Crippen LogP contribution < -0.4 is 0 Å². The predicted molar refractivity (Wildman–Crippen MR) is 91.9 cm³/mol.